The van der Waals surface area contributed by atoms with Gasteiger partial charge in [-0.1, -0.05) is 6.07 Å². The lowest BCUT2D eigenvalue weighted by molar-refractivity contribution is 0.489. The Balaban J connectivity index is 2.18. The van der Waals surface area contributed by atoms with E-state index in [-0.39, 0.29) is 6.04 Å². The van der Waals surface area contributed by atoms with Gasteiger partial charge in [0, 0.05) is 18.5 Å². The van der Waals surface area contributed by atoms with Crippen LogP contribution in [0.25, 0.3) is 0 Å². The Morgan fingerprint density at radius 1 is 1.26 bits per heavy atom. The number of halogens is 2. The maximum Gasteiger partial charge on any atom is 0.159 e. The maximum atomic E-state index is 13.2. The minimum atomic E-state index is -0.890. The van der Waals surface area contributed by atoms with Crippen molar-refractivity contribution in [2.75, 3.05) is 0 Å². The normalized spacial score (nSPS) is 12.9. The summed E-state index contributed by atoms with van der Waals surface area (Å²) in [5.41, 5.74) is 6.54. The van der Waals surface area contributed by atoms with E-state index < -0.39 is 17.7 Å². The fourth-order valence-electron chi connectivity index (χ4n) is 1.91. The molecule has 0 fully saturated rings. The van der Waals surface area contributed by atoms with Crippen molar-refractivity contribution in [2.45, 2.75) is 32.4 Å². The third kappa shape index (κ3) is 2.96. The summed E-state index contributed by atoms with van der Waals surface area (Å²) in [6, 6.07) is 3.42. The molecule has 2 aromatic rings. The average Bonchev–Trinajstić information content (AvgIpc) is 2.80. The van der Waals surface area contributed by atoms with Crippen molar-refractivity contribution in [1.82, 2.24) is 14.8 Å². The van der Waals surface area contributed by atoms with Crippen LogP contribution in [-0.2, 0) is 6.42 Å². The number of rotatable bonds is 4. The zero-order valence-corrected chi connectivity index (χ0v) is 10.8. The van der Waals surface area contributed by atoms with Gasteiger partial charge in [0.1, 0.15) is 12.2 Å². The summed E-state index contributed by atoms with van der Waals surface area (Å²) in [6.07, 6.45) is 1.89. The maximum absolute atomic E-state index is 13.2. The largest absolute Gasteiger partial charge is 0.324 e. The zero-order chi connectivity index (χ0) is 14.0. The Labute approximate surface area is 110 Å². The molecule has 1 aromatic carbocycles. The number of nitrogens with two attached hydrogens (primary N) is 1. The van der Waals surface area contributed by atoms with E-state index in [1.54, 1.807) is 4.68 Å². The second-order valence-electron chi connectivity index (χ2n) is 4.70. The van der Waals surface area contributed by atoms with Crippen LogP contribution in [0.1, 0.15) is 37.3 Å². The van der Waals surface area contributed by atoms with Crippen LogP contribution >= 0.6 is 0 Å². The van der Waals surface area contributed by atoms with E-state index in [1.807, 2.05) is 13.8 Å². The smallest absolute Gasteiger partial charge is 0.159 e. The molecule has 0 aliphatic rings. The van der Waals surface area contributed by atoms with Crippen LogP contribution in [0.4, 0.5) is 8.78 Å². The summed E-state index contributed by atoms with van der Waals surface area (Å²) in [5, 5.41) is 4.11. The van der Waals surface area contributed by atoms with Crippen molar-refractivity contribution < 1.29 is 8.78 Å². The van der Waals surface area contributed by atoms with Crippen molar-refractivity contribution in [3.8, 4) is 0 Å². The zero-order valence-electron chi connectivity index (χ0n) is 10.8. The molecule has 0 bridgehead atoms. The summed E-state index contributed by atoms with van der Waals surface area (Å²) < 4.78 is 27.8. The Kier molecular flexibility index (Phi) is 3.90. The topological polar surface area (TPSA) is 56.7 Å². The van der Waals surface area contributed by atoms with Crippen molar-refractivity contribution >= 4 is 0 Å². The summed E-state index contributed by atoms with van der Waals surface area (Å²) in [6.45, 7) is 3.97. The summed E-state index contributed by atoms with van der Waals surface area (Å²) in [5.74, 6) is -1.04. The van der Waals surface area contributed by atoms with Crippen molar-refractivity contribution in [3.05, 3.63) is 47.5 Å². The molecular formula is C13H16F2N4. The molecule has 0 saturated heterocycles. The number of hydrogen-bond donors (Lipinski definition) is 1. The molecule has 4 nitrogen and oxygen atoms in total. The van der Waals surface area contributed by atoms with Gasteiger partial charge in [0.2, 0.25) is 0 Å². The van der Waals surface area contributed by atoms with Crippen LogP contribution in [0, 0.1) is 11.6 Å². The quantitative estimate of drug-likeness (QED) is 0.924. The second-order valence-corrected chi connectivity index (χ2v) is 4.70. The minimum absolute atomic E-state index is 0.176. The fraction of sp³-hybridized carbons (Fsp3) is 0.385. The first-order valence-corrected chi connectivity index (χ1v) is 6.08. The molecule has 1 aromatic heterocycles. The molecule has 2 rings (SSSR count). The Hall–Kier alpha value is -1.82. The first-order valence-electron chi connectivity index (χ1n) is 6.08. The Bertz CT molecular complexity index is 566. The highest BCUT2D eigenvalue weighted by molar-refractivity contribution is 5.21. The van der Waals surface area contributed by atoms with Crippen LogP contribution in [0.15, 0.2) is 24.5 Å². The summed E-state index contributed by atoms with van der Waals surface area (Å²) in [7, 11) is 0. The monoisotopic (exact) mass is 266 g/mol. The molecule has 0 radical (unpaired) electrons. The van der Waals surface area contributed by atoms with Crippen LogP contribution in [0.3, 0.4) is 0 Å². The first kappa shape index (κ1) is 13.6. The highest BCUT2D eigenvalue weighted by atomic mass is 19.2. The van der Waals surface area contributed by atoms with Gasteiger partial charge in [-0.3, -0.25) is 0 Å². The second kappa shape index (κ2) is 5.44. The molecule has 102 valence electrons. The van der Waals surface area contributed by atoms with E-state index in [1.165, 1.54) is 12.4 Å². The molecule has 1 heterocycles. The molecule has 6 heteroatoms. The summed E-state index contributed by atoms with van der Waals surface area (Å²) >= 11 is 0. The predicted octanol–water partition coefficient (Wildman–Crippen LogP) is 2.38. The number of aromatic nitrogens is 3. The molecule has 1 atom stereocenters. The molecule has 19 heavy (non-hydrogen) atoms. The van der Waals surface area contributed by atoms with Gasteiger partial charge >= 0.3 is 0 Å². The number of benzene rings is 1. The molecule has 0 aliphatic heterocycles. The number of hydrogen-bond acceptors (Lipinski definition) is 3. The third-order valence-electron chi connectivity index (χ3n) is 2.91. The SMILES string of the molecule is CC(C)n1ncnc1CC(N)c1ccc(F)c(F)c1. The summed E-state index contributed by atoms with van der Waals surface area (Å²) in [4.78, 5) is 4.15. The lowest BCUT2D eigenvalue weighted by atomic mass is 10.0. The minimum Gasteiger partial charge on any atom is -0.324 e. The molecular weight excluding hydrogens is 250 g/mol. The van der Waals surface area contributed by atoms with Crippen molar-refractivity contribution in [1.29, 1.82) is 0 Å². The molecule has 1 unspecified atom stereocenters. The van der Waals surface area contributed by atoms with E-state index in [2.05, 4.69) is 10.1 Å². The van der Waals surface area contributed by atoms with E-state index >= 15 is 0 Å². The lowest BCUT2D eigenvalue weighted by Crippen LogP contribution is -2.18. The van der Waals surface area contributed by atoms with Crippen LogP contribution in [0.2, 0.25) is 0 Å². The molecule has 0 spiro atoms. The third-order valence-corrected chi connectivity index (χ3v) is 2.91. The predicted molar refractivity (Wildman–Crippen MR) is 67.4 cm³/mol. The average molecular weight is 266 g/mol. The van der Waals surface area contributed by atoms with E-state index in [0.717, 1.165) is 18.0 Å². The van der Waals surface area contributed by atoms with Gasteiger partial charge in [-0.2, -0.15) is 5.10 Å². The molecule has 2 N–H and O–H groups in total. The van der Waals surface area contributed by atoms with Gasteiger partial charge in [-0.05, 0) is 31.5 Å². The molecule has 0 amide bonds. The van der Waals surface area contributed by atoms with E-state index in [4.69, 9.17) is 5.73 Å². The molecule has 0 saturated carbocycles. The first-order chi connectivity index (χ1) is 8.99. The van der Waals surface area contributed by atoms with Gasteiger partial charge < -0.3 is 5.73 Å². The lowest BCUT2D eigenvalue weighted by Gasteiger charge is -2.14. The van der Waals surface area contributed by atoms with Gasteiger partial charge in [0.15, 0.2) is 11.6 Å². The highest BCUT2D eigenvalue weighted by Crippen LogP contribution is 2.18. The Morgan fingerprint density at radius 2 is 2.00 bits per heavy atom. The van der Waals surface area contributed by atoms with E-state index in [9.17, 15) is 8.78 Å². The van der Waals surface area contributed by atoms with Crippen LogP contribution in [0.5, 0.6) is 0 Å². The highest BCUT2D eigenvalue weighted by Gasteiger charge is 2.15. The standard InChI is InChI=1S/C13H16F2N4/c1-8(2)19-13(17-7-18-19)6-12(16)9-3-4-10(14)11(15)5-9/h3-5,7-8,12H,6,16H2,1-2H3. The van der Waals surface area contributed by atoms with Gasteiger partial charge in [0.25, 0.3) is 0 Å². The Morgan fingerprint density at radius 3 is 2.63 bits per heavy atom. The van der Waals surface area contributed by atoms with Crippen molar-refractivity contribution in [3.63, 3.8) is 0 Å². The van der Waals surface area contributed by atoms with Crippen LogP contribution in [-0.4, -0.2) is 14.8 Å². The fourth-order valence-corrected chi connectivity index (χ4v) is 1.91. The van der Waals surface area contributed by atoms with Crippen LogP contribution < -0.4 is 5.73 Å². The van der Waals surface area contributed by atoms with Crippen molar-refractivity contribution in [2.24, 2.45) is 5.73 Å². The molecule has 0 aliphatic carbocycles. The van der Waals surface area contributed by atoms with Gasteiger partial charge in [-0.15, -0.1) is 0 Å². The van der Waals surface area contributed by atoms with E-state index in [0.29, 0.717) is 12.0 Å². The van der Waals surface area contributed by atoms with Gasteiger partial charge in [-0.25, -0.2) is 18.4 Å². The number of nitrogens with zero attached hydrogens (tertiary/aromatic N) is 3. The van der Waals surface area contributed by atoms with Gasteiger partial charge in [0.05, 0.1) is 0 Å².